The van der Waals surface area contributed by atoms with Crippen molar-refractivity contribution in [2.24, 2.45) is 0 Å². The predicted molar refractivity (Wildman–Crippen MR) is 80.8 cm³/mol. The molecule has 106 valence electrons. The van der Waals surface area contributed by atoms with Crippen LogP contribution in [0, 0.1) is 0 Å². The van der Waals surface area contributed by atoms with Crippen LogP contribution in [0.3, 0.4) is 0 Å². The maximum Gasteiger partial charge on any atom is 0.0718 e. The Hall–Kier alpha value is -0.970. The van der Waals surface area contributed by atoms with Gasteiger partial charge in [0.15, 0.2) is 0 Å². The van der Waals surface area contributed by atoms with Gasteiger partial charge >= 0.3 is 0 Å². The molecule has 1 aliphatic rings. The van der Waals surface area contributed by atoms with E-state index in [9.17, 15) is 5.11 Å². The van der Waals surface area contributed by atoms with Crippen molar-refractivity contribution in [2.45, 2.75) is 19.4 Å². The quantitative estimate of drug-likeness (QED) is 0.831. The number of halogens is 1. The highest BCUT2D eigenvalue weighted by molar-refractivity contribution is 6.33. The number of benzene rings is 1. The highest BCUT2D eigenvalue weighted by Gasteiger charge is 2.23. The zero-order chi connectivity index (χ0) is 14.0. The molecule has 1 aromatic rings. The average molecular weight is 284 g/mol. The Labute approximate surface area is 119 Å². The molecule has 0 radical (unpaired) electrons. The number of hydrogen-bond donors (Lipinski definition) is 2. The summed E-state index contributed by atoms with van der Waals surface area (Å²) in [5.41, 5.74) is 6.80. The number of nitrogens with two attached hydrogens (primary N) is 1. The third-order valence-electron chi connectivity index (χ3n) is 3.30. The van der Waals surface area contributed by atoms with Gasteiger partial charge in [-0.15, -0.1) is 0 Å². The standard InChI is InChI=1S/C14H22ClN3O/c1-14(2,19)10-17-5-7-18(8-6-17)13-4-3-11(16)9-12(13)15/h3-4,9,19H,5-8,10,16H2,1-2H3. The van der Waals surface area contributed by atoms with E-state index in [1.807, 2.05) is 26.0 Å². The Morgan fingerprint density at radius 1 is 1.26 bits per heavy atom. The normalized spacial score (nSPS) is 17.8. The fourth-order valence-electron chi connectivity index (χ4n) is 2.47. The molecule has 1 heterocycles. The van der Waals surface area contributed by atoms with Crippen molar-refractivity contribution in [3.05, 3.63) is 23.2 Å². The molecular weight excluding hydrogens is 262 g/mol. The minimum Gasteiger partial charge on any atom is -0.399 e. The van der Waals surface area contributed by atoms with Gasteiger partial charge in [0.25, 0.3) is 0 Å². The zero-order valence-electron chi connectivity index (χ0n) is 11.6. The van der Waals surface area contributed by atoms with Crippen LogP contribution in [0.25, 0.3) is 0 Å². The van der Waals surface area contributed by atoms with Crippen LogP contribution in [0.1, 0.15) is 13.8 Å². The van der Waals surface area contributed by atoms with Crippen molar-refractivity contribution >= 4 is 23.0 Å². The maximum atomic E-state index is 9.84. The first-order chi connectivity index (χ1) is 8.85. The minimum atomic E-state index is -0.638. The smallest absolute Gasteiger partial charge is 0.0718 e. The van der Waals surface area contributed by atoms with Crippen LogP contribution in [0.15, 0.2) is 18.2 Å². The summed E-state index contributed by atoms with van der Waals surface area (Å²) >= 11 is 6.23. The monoisotopic (exact) mass is 283 g/mol. The SMILES string of the molecule is CC(C)(O)CN1CCN(c2ccc(N)cc2Cl)CC1. The van der Waals surface area contributed by atoms with Gasteiger partial charge in [-0.3, -0.25) is 4.90 Å². The lowest BCUT2D eigenvalue weighted by Crippen LogP contribution is -2.50. The van der Waals surface area contributed by atoms with Crippen LogP contribution < -0.4 is 10.6 Å². The summed E-state index contributed by atoms with van der Waals surface area (Å²) in [4.78, 5) is 4.55. The number of nitrogen functional groups attached to an aromatic ring is 1. The molecule has 5 heteroatoms. The Balaban J connectivity index is 1.96. The third kappa shape index (κ3) is 4.00. The Morgan fingerprint density at radius 3 is 2.42 bits per heavy atom. The molecule has 19 heavy (non-hydrogen) atoms. The topological polar surface area (TPSA) is 52.7 Å². The number of hydrogen-bond acceptors (Lipinski definition) is 4. The van der Waals surface area contributed by atoms with E-state index >= 15 is 0 Å². The number of piperazine rings is 1. The van der Waals surface area contributed by atoms with Gasteiger partial charge in [0.2, 0.25) is 0 Å². The average Bonchev–Trinajstić information content (AvgIpc) is 2.28. The lowest BCUT2D eigenvalue weighted by Gasteiger charge is -2.38. The number of nitrogens with zero attached hydrogens (tertiary/aromatic N) is 2. The van der Waals surface area contributed by atoms with Gasteiger partial charge < -0.3 is 15.7 Å². The minimum absolute atomic E-state index is 0.638. The van der Waals surface area contributed by atoms with Crippen LogP contribution in [-0.4, -0.2) is 48.3 Å². The lowest BCUT2D eigenvalue weighted by atomic mass is 10.1. The maximum absolute atomic E-state index is 9.84. The van der Waals surface area contributed by atoms with Crippen LogP contribution in [0.4, 0.5) is 11.4 Å². The van der Waals surface area contributed by atoms with Gasteiger partial charge in [-0.25, -0.2) is 0 Å². The van der Waals surface area contributed by atoms with Crippen molar-refractivity contribution in [2.75, 3.05) is 43.4 Å². The van der Waals surface area contributed by atoms with Gasteiger partial charge in [0.05, 0.1) is 16.3 Å². The molecule has 0 amide bonds. The van der Waals surface area contributed by atoms with Gasteiger partial charge in [0.1, 0.15) is 0 Å². The summed E-state index contributed by atoms with van der Waals surface area (Å²) in [6, 6.07) is 5.65. The van der Waals surface area contributed by atoms with E-state index in [1.165, 1.54) is 0 Å². The second-order valence-corrected chi connectivity index (χ2v) is 6.19. The van der Waals surface area contributed by atoms with E-state index in [4.69, 9.17) is 17.3 Å². The van der Waals surface area contributed by atoms with Crippen molar-refractivity contribution in [3.8, 4) is 0 Å². The molecule has 3 N–H and O–H groups in total. The Morgan fingerprint density at radius 2 is 1.89 bits per heavy atom. The summed E-state index contributed by atoms with van der Waals surface area (Å²) in [6.07, 6.45) is 0. The number of rotatable bonds is 3. The van der Waals surface area contributed by atoms with Crippen LogP contribution in [-0.2, 0) is 0 Å². The molecule has 4 nitrogen and oxygen atoms in total. The van der Waals surface area contributed by atoms with Gasteiger partial charge in [-0.2, -0.15) is 0 Å². The molecule has 1 saturated heterocycles. The van der Waals surface area contributed by atoms with Gasteiger partial charge in [-0.05, 0) is 32.0 Å². The molecule has 0 unspecified atom stereocenters. The lowest BCUT2D eigenvalue weighted by molar-refractivity contribution is 0.0345. The molecule has 0 aromatic heterocycles. The molecule has 1 aromatic carbocycles. The third-order valence-corrected chi connectivity index (χ3v) is 3.60. The molecular formula is C14H22ClN3O. The van der Waals surface area contributed by atoms with Gasteiger partial charge in [-0.1, -0.05) is 11.6 Å². The Kier molecular flexibility index (Phi) is 4.23. The second-order valence-electron chi connectivity index (χ2n) is 5.79. The first-order valence-electron chi connectivity index (χ1n) is 6.60. The molecule has 1 aliphatic heterocycles. The number of anilines is 2. The van der Waals surface area contributed by atoms with Crippen molar-refractivity contribution < 1.29 is 5.11 Å². The summed E-state index contributed by atoms with van der Waals surface area (Å²) in [5, 5.41) is 10.5. The summed E-state index contributed by atoms with van der Waals surface area (Å²) in [5.74, 6) is 0. The van der Waals surface area contributed by atoms with E-state index in [2.05, 4.69) is 9.80 Å². The zero-order valence-corrected chi connectivity index (χ0v) is 12.3. The first-order valence-corrected chi connectivity index (χ1v) is 6.98. The number of aliphatic hydroxyl groups is 1. The molecule has 1 fully saturated rings. The van der Waals surface area contributed by atoms with E-state index in [1.54, 1.807) is 6.07 Å². The van der Waals surface area contributed by atoms with Crippen LogP contribution >= 0.6 is 11.6 Å². The van der Waals surface area contributed by atoms with E-state index in [0.717, 1.165) is 31.9 Å². The molecule has 0 spiro atoms. The Bertz CT molecular complexity index is 437. The van der Waals surface area contributed by atoms with Gasteiger partial charge in [0, 0.05) is 38.4 Å². The predicted octanol–water partition coefficient (Wildman–Crippen LogP) is 1.82. The van der Waals surface area contributed by atoms with E-state index < -0.39 is 5.60 Å². The fourth-order valence-corrected chi connectivity index (χ4v) is 2.78. The van der Waals surface area contributed by atoms with E-state index in [-0.39, 0.29) is 0 Å². The second kappa shape index (κ2) is 5.57. The first kappa shape index (κ1) is 14.4. The molecule has 2 rings (SSSR count). The summed E-state index contributed by atoms with van der Waals surface area (Å²) in [7, 11) is 0. The van der Waals surface area contributed by atoms with Crippen molar-refractivity contribution in [3.63, 3.8) is 0 Å². The van der Waals surface area contributed by atoms with Crippen LogP contribution in [0.2, 0.25) is 5.02 Å². The summed E-state index contributed by atoms with van der Waals surface area (Å²) < 4.78 is 0. The molecule has 0 bridgehead atoms. The number of β-amino-alcohol motifs (C(OH)–C–C–N with tert-alkyl or cyclic N) is 1. The molecule has 0 saturated carbocycles. The fraction of sp³-hybridized carbons (Fsp3) is 0.571. The van der Waals surface area contributed by atoms with Crippen molar-refractivity contribution in [1.82, 2.24) is 4.90 Å². The largest absolute Gasteiger partial charge is 0.399 e. The highest BCUT2D eigenvalue weighted by Crippen LogP contribution is 2.28. The molecule has 0 aliphatic carbocycles. The summed E-state index contributed by atoms with van der Waals surface area (Å²) in [6.45, 7) is 8.09. The van der Waals surface area contributed by atoms with Crippen molar-refractivity contribution in [1.29, 1.82) is 0 Å². The highest BCUT2D eigenvalue weighted by atomic mass is 35.5. The van der Waals surface area contributed by atoms with Crippen LogP contribution in [0.5, 0.6) is 0 Å². The molecule has 0 atom stereocenters. The van der Waals surface area contributed by atoms with E-state index in [0.29, 0.717) is 17.3 Å².